The van der Waals surface area contributed by atoms with Crippen molar-refractivity contribution >= 4 is 46.8 Å². The van der Waals surface area contributed by atoms with Gasteiger partial charge in [-0.05, 0) is 24.3 Å². The van der Waals surface area contributed by atoms with Crippen LogP contribution in [0.1, 0.15) is 19.3 Å². The third kappa shape index (κ3) is 3.71. The van der Waals surface area contributed by atoms with E-state index in [4.69, 9.17) is 27.9 Å². The third-order valence-electron chi connectivity index (χ3n) is 3.35. The number of aromatic nitrogens is 1. The van der Waals surface area contributed by atoms with Gasteiger partial charge in [-0.15, -0.1) is 11.8 Å². The van der Waals surface area contributed by atoms with Gasteiger partial charge < -0.3 is 10.1 Å². The molecule has 0 radical (unpaired) electrons. The summed E-state index contributed by atoms with van der Waals surface area (Å²) in [6.45, 7) is 0. The molecule has 0 spiro atoms. The van der Waals surface area contributed by atoms with E-state index in [0.717, 1.165) is 23.6 Å². The Hall–Kier alpha value is -0.650. The van der Waals surface area contributed by atoms with Gasteiger partial charge in [-0.3, -0.25) is 4.79 Å². The molecular formula is C13H16Cl2N2O2S. The number of carbonyl (C=O) groups excluding carboxylic acids is 1. The number of anilines is 1. The molecule has 0 aliphatic heterocycles. The number of nitrogens with one attached hydrogen (secondary N) is 1. The Kier molecular flexibility index (Phi) is 5.04. The quantitative estimate of drug-likeness (QED) is 0.632. The predicted octanol–water partition coefficient (Wildman–Crippen LogP) is 3.87. The highest BCUT2D eigenvalue weighted by molar-refractivity contribution is 7.99. The van der Waals surface area contributed by atoms with Crippen LogP contribution in [-0.4, -0.2) is 30.9 Å². The van der Waals surface area contributed by atoms with Crippen LogP contribution in [0.25, 0.3) is 0 Å². The number of rotatable bonds is 6. The molecule has 1 aliphatic rings. The summed E-state index contributed by atoms with van der Waals surface area (Å²) in [4.78, 5) is 15.8. The Bertz CT molecular complexity index is 521. The number of carbonyl (C=O) groups is 1. The summed E-state index contributed by atoms with van der Waals surface area (Å²) in [5.41, 5.74) is 0.0439. The van der Waals surface area contributed by atoms with Gasteiger partial charge in [0.25, 0.3) is 0 Å². The van der Waals surface area contributed by atoms with Crippen LogP contribution in [-0.2, 0) is 9.53 Å². The first-order valence-corrected chi connectivity index (χ1v) is 7.97. The van der Waals surface area contributed by atoms with E-state index in [1.807, 2.05) is 0 Å². The Morgan fingerprint density at radius 1 is 1.50 bits per heavy atom. The standard InChI is InChI=1S/C13H16Cl2N2O2S/c1-16-11-8(14)5-9(15)12(17-11)20-7-13(3-4-13)6-10(18)19-2/h5H,3-4,6-7H2,1-2H3,(H,16,17). The van der Waals surface area contributed by atoms with Crippen LogP contribution < -0.4 is 5.32 Å². The molecule has 1 N–H and O–H groups in total. The molecule has 0 bridgehead atoms. The van der Waals surface area contributed by atoms with Gasteiger partial charge >= 0.3 is 5.97 Å². The lowest BCUT2D eigenvalue weighted by atomic mass is 10.1. The van der Waals surface area contributed by atoms with E-state index >= 15 is 0 Å². The number of hydrogen-bond donors (Lipinski definition) is 1. The number of methoxy groups -OCH3 is 1. The fourth-order valence-electron chi connectivity index (χ4n) is 1.87. The summed E-state index contributed by atoms with van der Waals surface area (Å²) in [6.07, 6.45) is 2.54. The smallest absolute Gasteiger partial charge is 0.306 e. The zero-order chi connectivity index (χ0) is 14.8. The van der Waals surface area contributed by atoms with E-state index in [0.29, 0.717) is 22.3 Å². The van der Waals surface area contributed by atoms with Crippen molar-refractivity contribution in [3.05, 3.63) is 16.1 Å². The minimum atomic E-state index is -0.158. The van der Waals surface area contributed by atoms with Crippen molar-refractivity contribution in [2.24, 2.45) is 5.41 Å². The van der Waals surface area contributed by atoms with E-state index in [1.54, 1.807) is 24.9 Å². The monoisotopic (exact) mass is 334 g/mol. The molecule has 0 saturated heterocycles. The van der Waals surface area contributed by atoms with Gasteiger partial charge in [0.05, 0.1) is 23.6 Å². The summed E-state index contributed by atoms with van der Waals surface area (Å²) < 4.78 is 4.74. The topological polar surface area (TPSA) is 51.2 Å². The molecule has 1 saturated carbocycles. The molecule has 110 valence electrons. The van der Waals surface area contributed by atoms with Crippen molar-refractivity contribution in [2.75, 3.05) is 25.2 Å². The molecule has 1 aliphatic carbocycles. The van der Waals surface area contributed by atoms with Crippen LogP contribution in [0.3, 0.4) is 0 Å². The Morgan fingerprint density at radius 2 is 2.20 bits per heavy atom. The van der Waals surface area contributed by atoms with Gasteiger partial charge in [-0.1, -0.05) is 23.2 Å². The van der Waals surface area contributed by atoms with Gasteiger partial charge in [0.15, 0.2) is 0 Å². The minimum Gasteiger partial charge on any atom is -0.469 e. The molecule has 1 heterocycles. The maximum absolute atomic E-state index is 11.4. The van der Waals surface area contributed by atoms with E-state index in [2.05, 4.69) is 10.3 Å². The predicted molar refractivity (Wildman–Crippen MR) is 82.8 cm³/mol. The third-order valence-corrected chi connectivity index (χ3v) is 5.38. The van der Waals surface area contributed by atoms with Crippen molar-refractivity contribution in [1.29, 1.82) is 0 Å². The summed E-state index contributed by atoms with van der Waals surface area (Å²) in [5.74, 6) is 1.25. The Morgan fingerprint density at radius 3 is 2.75 bits per heavy atom. The molecule has 7 heteroatoms. The van der Waals surface area contributed by atoms with Crippen LogP contribution in [0.15, 0.2) is 11.1 Å². The van der Waals surface area contributed by atoms with Crippen LogP contribution >= 0.6 is 35.0 Å². The largest absolute Gasteiger partial charge is 0.469 e. The van der Waals surface area contributed by atoms with Gasteiger partial charge in [-0.25, -0.2) is 4.98 Å². The number of halogens is 2. The first-order chi connectivity index (χ1) is 9.49. The van der Waals surface area contributed by atoms with Crippen LogP contribution in [0.2, 0.25) is 10.0 Å². The highest BCUT2D eigenvalue weighted by atomic mass is 35.5. The minimum absolute atomic E-state index is 0.0439. The average Bonchev–Trinajstić information content (AvgIpc) is 3.17. The van der Waals surface area contributed by atoms with Gasteiger partial charge in [0, 0.05) is 12.8 Å². The summed E-state index contributed by atoms with van der Waals surface area (Å²) >= 11 is 13.7. The Balaban J connectivity index is 2.02. The summed E-state index contributed by atoms with van der Waals surface area (Å²) in [6, 6.07) is 1.68. The lowest BCUT2D eigenvalue weighted by molar-refractivity contribution is -0.141. The maximum atomic E-state index is 11.4. The van der Waals surface area contributed by atoms with Crippen LogP contribution in [0, 0.1) is 5.41 Å². The first-order valence-electron chi connectivity index (χ1n) is 6.23. The number of nitrogens with zero attached hydrogens (tertiary/aromatic N) is 1. The van der Waals surface area contributed by atoms with E-state index in [9.17, 15) is 4.79 Å². The number of thioether (sulfide) groups is 1. The number of pyridine rings is 1. The molecule has 2 rings (SSSR count). The van der Waals surface area contributed by atoms with Crippen LogP contribution in [0.5, 0.6) is 0 Å². The van der Waals surface area contributed by atoms with E-state index in [-0.39, 0.29) is 11.4 Å². The molecule has 4 nitrogen and oxygen atoms in total. The van der Waals surface area contributed by atoms with Crippen molar-refractivity contribution in [3.63, 3.8) is 0 Å². The first kappa shape index (κ1) is 15.7. The second-order valence-electron chi connectivity index (χ2n) is 4.90. The van der Waals surface area contributed by atoms with E-state index < -0.39 is 0 Å². The van der Waals surface area contributed by atoms with Crippen LogP contribution in [0.4, 0.5) is 5.82 Å². The Labute approximate surface area is 132 Å². The SMILES string of the molecule is CNc1nc(SCC2(CC(=O)OC)CC2)c(Cl)cc1Cl. The number of esters is 1. The molecule has 0 atom stereocenters. The fraction of sp³-hybridized carbons (Fsp3) is 0.538. The number of hydrogen-bond acceptors (Lipinski definition) is 5. The van der Waals surface area contributed by atoms with Gasteiger partial charge in [0.1, 0.15) is 10.8 Å². The lowest BCUT2D eigenvalue weighted by Crippen LogP contribution is -2.13. The molecular weight excluding hydrogens is 319 g/mol. The summed E-state index contributed by atoms with van der Waals surface area (Å²) in [7, 11) is 3.18. The van der Waals surface area contributed by atoms with Gasteiger partial charge in [0.2, 0.25) is 0 Å². The maximum Gasteiger partial charge on any atom is 0.306 e. The zero-order valence-corrected chi connectivity index (χ0v) is 13.7. The molecule has 20 heavy (non-hydrogen) atoms. The molecule has 0 aromatic carbocycles. The van der Waals surface area contributed by atoms with Crippen molar-refractivity contribution < 1.29 is 9.53 Å². The normalized spacial score (nSPS) is 15.8. The lowest BCUT2D eigenvalue weighted by Gasteiger charge is -2.14. The molecule has 1 aromatic heterocycles. The van der Waals surface area contributed by atoms with Gasteiger partial charge in [-0.2, -0.15) is 0 Å². The van der Waals surface area contributed by atoms with Crippen molar-refractivity contribution in [1.82, 2.24) is 4.98 Å². The molecule has 1 aromatic rings. The highest BCUT2D eigenvalue weighted by Crippen LogP contribution is 2.52. The number of ether oxygens (including phenoxy) is 1. The summed E-state index contributed by atoms with van der Waals surface area (Å²) in [5, 5.41) is 4.69. The average molecular weight is 335 g/mol. The zero-order valence-electron chi connectivity index (χ0n) is 11.3. The van der Waals surface area contributed by atoms with E-state index in [1.165, 1.54) is 7.11 Å². The second kappa shape index (κ2) is 6.41. The van der Waals surface area contributed by atoms with Crippen molar-refractivity contribution in [2.45, 2.75) is 24.3 Å². The molecule has 1 fully saturated rings. The highest BCUT2D eigenvalue weighted by Gasteiger charge is 2.44. The molecule has 0 amide bonds. The fourth-order valence-corrected chi connectivity index (χ4v) is 3.68. The second-order valence-corrected chi connectivity index (χ2v) is 6.68. The van der Waals surface area contributed by atoms with Crippen molar-refractivity contribution in [3.8, 4) is 0 Å². The molecule has 0 unspecified atom stereocenters.